The fraction of sp³-hybridized carbons (Fsp3) is 0.0500. The second kappa shape index (κ2) is 7.77. The van der Waals surface area contributed by atoms with Crippen LogP contribution in [-0.2, 0) is 4.79 Å². The number of rotatable bonds is 4. The van der Waals surface area contributed by atoms with E-state index in [0.29, 0.717) is 17.1 Å². The molecule has 2 heterocycles. The Balaban J connectivity index is 1.70. The van der Waals surface area contributed by atoms with Crippen LogP contribution in [0.4, 0.5) is 33.6 Å². The van der Waals surface area contributed by atoms with Crippen molar-refractivity contribution < 1.29 is 14.3 Å². The molecule has 0 fully saturated rings. The van der Waals surface area contributed by atoms with Gasteiger partial charge in [-0.15, -0.1) is 0 Å². The van der Waals surface area contributed by atoms with Crippen molar-refractivity contribution in [2.75, 3.05) is 15.5 Å². The van der Waals surface area contributed by atoms with Crippen LogP contribution < -0.4 is 25.3 Å². The second-order valence-corrected chi connectivity index (χ2v) is 6.01. The van der Waals surface area contributed by atoms with Crippen molar-refractivity contribution in [3.05, 3.63) is 60.7 Å². The molecule has 29 heavy (non-hydrogen) atoms. The number of aromatic nitrogens is 2. The number of ether oxygens (including phenoxy) is 1. The van der Waals surface area contributed by atoms with E-state index >= 15 is 0 Å². The summed E-state index contributed by atoms with van der Waals surface area (Å²) in [7, 11) is 0. The third-order valence-electron chi connectivity index (χ3n) is 3.94. The topological polar surface area (TPSA) is 111 Å². The first-order chi connectivity index (χ1) is 14.1. The van der Waals surface area contributed by atoms with Gasteiger partial charge in [-0.3, -0.25) is 15.4 Å². The quantitative estimate of drug-likeness (QED) is 0.710. The Morgan fingerprint density at radius 1 is 1.00 bits per heavy atom. The van der Waals surface area contributed by atoms with E-state index in [4.69, 9.17) is 4.74 Å². The average Bonchev–Trinajstić information content (AvgIpc) is 3.18. The lowest BCUT2D eigenvalue weighted by Gasteiger charge is -2.22. The maximum absolute atomic E-state index is 13.1. The van der Waals surface area contributed by atoms with Crippen LogP contribution in [0.15, 0.2) is 60.7 Å². The smallest absolute Gasteiger partial charge is 0.386 e. The minimum Gasteiger partial charge on any atom is -0.386 e. The second-order valence-electron chi connectivity index (χ2n) is 6.01. The largest absolute Gasteiger partial charge is 0.425 e. The van der Waals surface area contributed by atoms with Crippen LogP contribution in [0.5, 0.6) is 5.88 Å². The maximum atomic E-state index is 13.1. The number of benzene rings is 2. The summed E-state index contributed by atoms with van der Waals surface area (Å²) in [6.07, 6.45) is 0.728. The van der Waals surface area contributed by atoms with Crippen molar-refractivity contribution in [3.63, 3.8) is 0 Å². The number of fused-ring (bicyclic) bond motifs is 1. The molecule has 1 aliphatic heterocycles. The molecule has 9 nitrogen and oxygen atoms in total. The molecule has 0 unspecified atom stereocenters. The number of anilines is 4. The summed E-state index contributed by atoms with van der Waals surface area (Å²) in [6.45, 7) is 1.33. The predicted octanol–water partition coefficient (Wildman–Crippen LogP) is 3.19. The van der Waals surface area contributed by atoms with E-state index in [1.54, 1.807) is 24.3 Å². The number of carbonyl (C=O) groups is 2. The Morgan fingerprint density at radius 2 is 1.62 bits per heavy atom. The molecular weight excluding hydrogens is 372 g/mol. The van der Waals surface area contributed by atoms with Crippen LogP contribution >= 0.6 is 0 Å². The summed E-state index contributed by atoms with van der Waals surface area (Å²) < 4.78 is 5.59. The highest BCUT2D eigenvalue weighted by Crippen LogP contribution is 2.34. The van der Waals surface area contributed by atoms with Gasteiger partial charge in [0, 0.05) is 6.92 Å². The minimum atomic E-state index is -0.675. The molecule has 0 atom stereocenters. The standard InChI is InChI=1S/C20H16N6O3/c1-13(27)23-19-24-17-16(21-12-22-17)18(25-19)29-20(28)26(14-8-4-2-5-9-14)15-10-6-3-7-11-15/h2-12,21H,1H3,(H,23,24,25,27)/q+1. The van der Waals surface area contributed by atoms with E-state index in [-0.39, 0.29) is 23.6 Å². The Morgan fingerprint density at radius 3 is 2.21 bits per heavy atom. The summed E-state index contributed by atoms with van der Waals surface area (Å²) in [6, 6.07) is 18.2. The van der Waals surface area contributed by atoms with E-state index in [1.807, 2.05) is 36.4 Å². The van der Waals surface area contributed by atoms with Crippen molar-refractivity contribution in [2.45, 2.75) is 6.92 Å². The number of amides is 2. The summed E-state index contributed by atoms with van der Waals surface area (Å²) in [5.41, 5.74) is 1.59. The first kappa shape index (κ1) is 18.1. The van der Waals surface area contributed by atoms with E-state index in [1.165, 1.54) is 18.2 Å². The summed E-state index contributed by atoms with van der Waals surface area (Å²) in [5, 5.41) is 5.32. The molecule has 0 bridgehead atoms. The number of nitrogens with one attached hydrogen (secondary N) is 2. The lowest BCUT2D eigenvalue weighted by Crippen LogP contribution is -2.29. The zero-order chi connectivity index (χ0) is 20.2. The van der Waals surface area contributed by atoms with E-state index in [2.05, 4.69) is 25.6 Å². The fourth-order valence-electron chi connectivity index (χ4n) is 2.74. The zero-order valence-electron chi connectivity index (χ0n) is 15.4. The van der Waals surface area contributed by atoms with Crippen molar-refractivity contribution in [1.29, 1.82) is 0 Å². The number of para-hydroxylation sites is 2. The molecule has 3 aromatic rings. The van der Waals surface area contributed by atoms with Crippen LogP contribution in [-0.4, -0.2) is 28.3 Å². The van der Waals surface area contributed by atoms with Gasteiger partial charge in [-0.05, 0) is 24.3 Å². The van der Waals surface area contributed by atoms with E-state index in [0.717, 1.165) is 0 Å². The molecule has 0 saturated carbocycles. The fourth-order valence-corrected chi connectivity index (χ4v) is 2.74. The van der Waals surface area contributed by atoms with Crippen LogP contribution in [0.1, 0.15) is 6.92 Å². The number of aliphatic imine (C=N–C) groups is 1. The van der Waals surface area contributed by atoms with Crippen molar-refractivity contribution >= 4 is 47.2 Å². The normalized spacial score (nSPS) is 11.3. The highest BCUT2D eigenvalue weighted by molar-refractivity contribution is 5.99. The highest BCUT2D eigenvalue weighted by Gasteiger charge is 2.30. The SMILES string of the molecule is CC(=O)Nc1nc2c(c(OC(=O)N(c3ccccc3)c3ccccc3)n1)NC=[N+]2. The van der Waals surface area contributed by atoms with Gasteiger partial charge < -0.3 is 4.74 Å². The van der Waals surface area contributed by atoms with Crippen molar-refractivity contribution in [3.8, 4) is 5.88 Å². The Kier molecular flexibility index (Phi) is 4.85. The van der Waals surface area contributed by atoms with Gasteiger partial charge in [0.2, 0.25) is 17.9 Å². The third kappa shape index (κ3) is 3.88. The van der Waals surface area contributed by atoms with Crippen molar-refractivity contribution in [1.82, 2.24) is 15.0 Å². The van der Waals surface area contributed by atoms with Crippen LogP contribution in [0.2, 0.25) is 0 Å². The molecule has 2 amide bonds. The number of hydrogen-bond donors (Lipinski definition) is 2. The zero-order valence-corrected chi connectivity index (χ0v) is 15.4. The first-order valence-electron chi connectivity index (χ1n) is 8.72. The highest BCUT2D eigenvalue weighted by atomic mass is 16.6. The summed E-state index contributed by atoms with van der Waals surface area (Å²) in [5.74, 6) is -0.145. The Hall–Kier alpha value is -4.27. The van der Waals surface area contributed by atoms with Crippen LogP contribution in [0, 0.1) is 0 Å². The minimum absolute atomic E-state index is 0.00845. The van der Waals surface area contributed by atoms with E-state index < -0.39 is 6.09 Å². The maximum Gasteiger partial charge on any atom is 0.425 e. The molecule has 1 aliphatic rings. The van der Waals surface area contributed by atoms with Crippen LogP contribution in [0.3, 0.4) is 0 Å². The molecule has 9 heteroatoms. The lowest BCUT2D eigenvalue weighted by molar-refractivity contribution is -0.114. The molecule has 1 radical (unpaired) electrons. The molecule has 1 aromatic heterocycles. The third-order valence-corrected chi connectivity index (χ3v) is 3.94. The van der Waals surface area contributed by atoms with Crippen molar-refractivity contribution in [2.24, 2.45) is 0 Å². The molecule has 143 valence electrons. The van der Waals surface area contributed by atoms with Gasteiger partial charge in [0.25, 0.3) is 5.88 Å². The Bertz CT molecular complexity index is 1050. The van der Waals surface area contributed by atoms with Gasteiger partial charge in [-0.1, -0.05) is 46.4 Å². The molecular formula is C20H16N6O3+. The number of carbonyl (C=O) groups excluding carboxylic acids is 2. The molecule has 2 N–H and O–H groups in total. The van der Waals surface area contributed by atoms with Gasteiger partial charge in [0.1, 0.15) is 0 Å². The molecule has 0 aliphatic carbocycles. The van der Waals surface area contributed by atoms with Gasteiger partial charge in [0.15, 0.2) is 0 Å². The monoisotopic (exact) mass is 388 g/mol. The molecule has 0 saturated heterocycles. The Labute approximate surface area is 166 Å². The predicted molar refractivity (Wildman–Crippen MR) is 109 cm³/mol. The molecule has 0 spiro atoms. The molecule has 4 rings (SSSR count). The van der Waals surface area contributed by atoms with Gasteiger partial charge in [0.05, 0.1) is 11.4 Å². The van der Waals surface area contributed by atoms with Crippen LogP contribution in [0.25, 0.3) is 0 Å². The van der Waals surface area contributed by atoms with Gasteiger partial charge in [-0.2, -0.15) is 4.98 Å². The molecule has 2 aromatic carbocycles. The van der Waals surface area contributed by atoms with Gasteiger partial charge in [-0.25, -0.2) is 9.69 Å². The number of nitrogens with zero attached hydrogens (tertiary/aromatic N) is 4. The summed E-state index contributed by atoms with van der Waals surface area (Å²) >= 11 is 0. The lowest BCUT2D eigenvalue weighted by atomic mass is 10.2. The first-order valence-corrected chi connectivity index (χ1v) is 8.72. The number of hydrogen-bond acceptors (Lipinski definition) is 7. The summed E-state index contributed by atoms with van der Waals surface area (Å²) in [4.78, 5) is 38.2. The van der Waals surface area contributed by atoms with E-state index in [9.17, 15) is 9.59 Å². The van der Waals surface area contributed by atoms with Gasteiger partial charge >= 0.3 is 17.9 Å². The average molecular weight is 388 g/mol.